The maximum atomic E-state index is 13.5. The van der Waals surface area contributed by atoms with E-state index in [9.17, 15) is 31.1 Å². The van der Waals surface area contributed by atoms with Gasteiger partial charge >= 0.3 is 18.4 Å². The van der Waals surface area contributed by atoms with Crippen molar-refractivity contribution < 1.29 is 40.4 Å². The molecule has 3 heterocycles. The number of nitrogens with zero attached hydrogens (tertiary/aromatic N) is 5. The van der Waals surface area contributed by atoms with E-state index < -0.39 is 47.3 Å². The van der Waals surface area contributed by atoms with Crippen molar-refractivity contribution in [3.63, 3.8) is 0 Å². The number of amides is 1. The van der Waals surface area contributed by atoms with Gasteiger partial charge in [0.2, 0.25) is 0 Å². The van der Waals surface area contributed by atoms with Gasteiger partial charge in [0.25, 0.3) is 0 Å². The zero-order chi connectivity index (χ0) is 31.3. The summed E-state index contributed by atoms with van der Waals surface area (Å²) in [6.07, 6.45) is -5.59. The normalized spacial score (nSPS) is 20.0. The van der Waals surface area contributed by atoms with Crippen LogP contribution in [0.25, 0.3) is 11.3 Å². The number of carbonyl (C=O) groups is 1. The van der Waals surface area contributed by atoms with Gasteiger partial charge in [0.1, 0.15) is 17.6 Å². The summed E-state index contributed by atoms with van der Waals surface area (Å²) in [6, 6.07) is 0.495. The summed E-state index contributed by atoms with van der Waals surface area (Å²) < 4.78 is 91.9. The van der Waals surface area contributed by atoms with Crippen LogP contribution in [0.15, 0.2) is 28.9 Å². The van der Waals surface area contributed by atoms with Crippen molar-refractivity contribution in [2.45, 2.75) is 90.0 Å². The smallest absolute Gasteiger partial charge is 0.416 e. The zero-order valence-corrected chi connectivity index (χ0v) is 24.0. The Labute approximate surface area is 244 Å². The summed E-state index contributed by atoms with van der Waals surface area (Å²) in [5.41, 5.74) is -1.28. The summed E-state index contributed by atoms with van der Waals surface area (Å²) in [5.74, 6) is 1.04. The van der Waals surface area contributed by atoms with Crippen LogP contribution in [0.2, 0.25) is 0 Å². The molecule has 5 rings (SSSR count). The highest BCUT2D eigenvalue weighted by molar-refractivity contribution is 5.72. The van der Waals surface area contributed by atoms with Gasteiger partial charge in [0.15, 0.2) is 5.82 Å². The average Bonchev–Trinajstić information content (AvgIpc) is 3.44. The van der Waals surface area contributed by atoms with Crippen LogP contribution in [0.4, 0.5) is 37.0 Å². The van der Waals surface area contributed by atoms with Crippen LogP contribution >= 0.6 is 0 Å². The molecule has 8 nitrogen and oxygen atoms in total. The average molecular weight is 612 g/mol. The molecule has 3 aromatic rings. The van der Waals surface area contributed by atoms with E-state index in [1.165, 1.54) is 11.8 Å². The lowest BCUT2D eigenvalue weighted by molar-refractivity contribution is -0.143. The van der Waals surface area contributed by atoms with Crippen LogP contribution in [0, 0.1) is 13.8 Å². The fourth-order valence-electron chi connectivity index (χ4n) is 5.90. The van der Waals surface area contributed by atoms with Crippen molar-refractivity contribution >= 4 is 11.9 Å². The van der Waals surface area contributed by atoms with Gasteiger partial charge in [0, 0.05) is 13.1 Å². The van der Waals surface area contributed by atoms with Gasteiger partial charge in [-0.05, 0) is 57.4 Å². The number of rotatable bonds is 6. The lowest BCUT2D eigenvalue weighted by Gasteiger charge is -2.33. The maximum absolute atomic E-state index is 13.5. The Morgan fingerprint density at radius 1 is 1.00 bits per heavy atom. The molecule has 14 heteroatoms. The first-order chi connectivity index (χ1) is 20.1. The first kappa shape index (κ1) is 30.6. The number of hydrogen-bond donors (Lipinski definition) is 0. The number of aryl methyl sites for hydroxylation is 2. The molecule has 2 aliphatic rings. The minimum atomic E-state index is -5.03. The Morgan fingerprint density at radius 2 is 1.63 bits per heavy atom. The van der Waals surface area contributed by atoms with E-state index in [4.69, 9.17) is 19.2 Å². The fourth-order valence-corrected chi connectivity index (χ4v) is 5.90. The number of benzene rings is 1. The predicted octanol–water partition coefficient (Wildman–Crippen LogP) is 7.64. The second-order valence-corrected chi connectivity index (χ2v) is 11.1. The highest BCUT2D eigenvalue weighted by atomic mass is 19.4. The van der Waals surface area contributed by atoms with Crippen LogP contribution in [0.1, 0.15) is 79.0 Å². The number of halogens is 6. The summed E-state index contributed by atoms with van der Waals surface area (Å²) in [4.78, 5) is 25.9. The van der Waals surface area contributed by atoms with Crippen molar-refractivity contribution in [2.24, 2.45) is 0 Å². The van der Waals surface area contributed by atoms with Gasteiger partial charge in [0.05, 0.1) is 46.9 Å². The van der Waals surface area contributed by atoms with E-state index in [-0.39, 0.29) is 18.7 Å². The van der Waals surface area contributed by atoms with Crippen LogP contribution in [0.3, 0.4) is 0 Å². The first-order valence-corrected chi connectivity index (χ1v) is 13.9. The third-order valence-corrected chi connectivity index (χ3v) is 8.22. The zero-order valence-electron chi connectivity index (χ0n) is 24.0. The quantitative estimate of drug-likeness (QED) is 0.265. The van der Waals surface area contributed by atoms with Crippen LogP contribution in [0.5, 0.6) is 0 Å². The van der Waals surface area contributed by atoms with Crippen molar-refractivity contribution in [3.05, 3.63) is 58.2 Å². The van der Waals surface area contributed by atoms with Gasteiger partial charge in [-0.1, -0.05) is 24.4 Å². The first-order valence-electron chi connectivity index (χ1n) is 13.9. The SMILES string of the molecule is Cc1noc(C)c1-c1cnc(N(C)C2CCCCC2)c(CN2C(=O)O[C@H](c3cc(C(F)(F)F)cc(C(F)(F)F)c3)[C@@H]2C)n1. The van der Waals surface area contributed by atoms with E-state index in [1.54, 1.807) is 20.0 Å². The largest absolute Gasteiger partial charge is 0.439 e. The van der Waals surface area contributed by atoms with E-state index in [0.29, 0.717) is 46.4 Å². The summed E-state index contributed by atoms with van der Waals surface area (Å²) in [7, 11) is 1.90. The van der Waals surface area contributed by atoms with Gasteiger partial charge in [-0.3, -0.25) is 4.90 Å². The van der Waals surface area contributed by atoms with Crippen molar-refractivity contribution in [3.8, 4) is 11.3 Å². The highest BCUT2D eigenvalue weighted by Crippen LogP contribution is 2.41. The van der Waals surface area contributed by atoms with Crippen molar-refractivity contribution in [1.82, 2.24) is 20.0 Å². The number of ether oxygens (including phenoxy) is 1. The molecule has 1 saturated carbocycles. The molecule has 1 aliphatic heterocycles. The molecule has 0 bridgehead atoms. The molecule has 0 radical (unpaired) electrons. The Balaban J connectivity index is 1.52. The highest BCUT2D eigenvalue weighted by Gasteiger charge is 2.44. The van der Waals surface area contributed by atoms with E-state index in [1.807, 2.05) is 11.9 Å². The lowest BCUT2D eigenvalue weighted by atomic mass is 9.94. The van der Waals surface area contributed by atoms with E-state index >= 15 is 0 Å². The van der Waals surface area contributed by atoms with Crippen molar-refractivity contribution in [1.29, 1.82) is 0 Å². The summed E-state index contributed by atoms with van der Waals surface area (Å²) in [5, 5.41) is 3.97. The van der Waals surface area contributed by atoms with Gasteiger partial charge < -0.3 is 14.2 Å². The number of anilines is 1. The molecule has 43 heavy (non-hydrogen) atoms. The molecule has 2 atom stereocenters. The van der Waals surface area contributed by atoms with Gasteiger partial charge in [-0.15, -0.1) is 0 Å². The number of carbonyl (C=O) groups excluding carboxylic acids is 1. The minimum absolute atomic E-state index is 0.0475. The molecule has 1 amide bonds. The lowest BCUT2D eigenvalue weighted by Crippen LogP contribution is -2.37. The second kappa shape index (κ2) is 11.3. The molecular formula is C29H31F6N5O3. The summed E-state index contributed by atoms with van der Waals surface area (Å²) >= 11 is 0. The monoisotopic (exact) mass is 611 g/mol. The predicted molar refractivity (Wildman–Crippen MR) is 143 cm³/mol. The van der Waals surface area contributed by atoms with Gasteiger partial charge in [-0.2, -0.15) is 26.3 Å². The molecule has 0 N–H and O–H groups in total. The van der Waals surface area contributed by atoms with E-state index in [2.05, 4.69) is 5.16 Å². The van der Waals surface area contributed by atoms with Crippen LogP contribution in [-0.4, -0.2) is 45.2 Å². The molecule has 232 valence electrons. The van der Waals surface area contributed by atoms with Crippen molar-refractivity contribution in [2.75, 3.05) is 11.9 Å². The molecule has 1 saturated heterocycles. The third-order valence-electron chi connectivity index (χ3n) is 8.22. The molecule has 0 unspecified atom stereocenters. The molecule has 1 aliphatic carbocycles. The molecule has 0 spiro atoms. The summed E-state index contributed by atoms with van der Waals surface area (Å²) in [6.45, 7) is 4.86. The maximum Gasteiger partial charge on any atom is 0.416 e. The second-order valence-electron chi connectivity index (χ2n) is 11.1. The van der Waals surface area contributed by atoms with Gasteiger partial charge in [-0.25, -0.2) is 14.8 Å². The van der Waals surface area contributed by atoms with Crippen LogP contribution < -0.4 is 4.90 Å². The minimum Gasteiger partial charge on any atom is -0.439 e. The molecule has 1 aromatic carbocycles. The fraction of sp³-hybridized carbons (Fsp3) is 0.517. The Hall–Kier alpha value is -3.84. The molecule has 2 fully saturated rings. The number of cyclic esters (lactones) is 1. The molecule has 2 aromatic heterocycles. The number of hydrogen-bond acceptors (Lipinski definition) is 7. The Kier molecular flexibility index (Phi) is 8.07. The Morgan fingerprint density at radius 3 is 2.19 bits per heavy atom. The molecular weight excluding hydrogens is 580 g/mol. The third kappa shape index (κ3) is 6.14. The number of aromatic nitrogens is 3. The standard InChI is InChI=1S/C29H31F6N5O3/c1-15-24(17(3)43-38-15)22-13-36-26(39(4)21-8-6-5-7-9-21)23(37-22)14-40-16(2)25(42-27(40)41)18-10-19(28(30,31)32)12-20(11-18)29(33,34)35/h10-13,16,21,25H,5-9,14H2,1-4H3/t16-,25-/m0/s1. The van der Waals surface area contributed by atoms with E-state index in [0.717, 1.165) is 32.1 Å². The topological polar surface area (TPSA) is 84.6 Å². The number of alkyl halides is 6. The van der Waals surface area contributed by atoms with Crippen LogP contribution in [-0.2, 0) is 23.6 Å². The Bertz CT molecular complexity index is 1450.